The smallest absolute Gasteiger partial charge is 0.292 e. The summed E-state index contributed by atoms with van der Waals surface area (Å²) in [5, 5.41) is 21.5. The Kier molecular flexibility index (Phi) is 5.05. The molecule has 0 radical (unpaired) electrons. The lowest BCUT2D eigenvalue weighted by atomic mass is 10.2. The number of nitrogens with one attached hydrogen (secondary N) is 1. The zero-order chi connectivity index (χ0) is 14.4. The average Bonchev–Trinajstić information content (AvgIpc) is 2.91. The van der Waals surface area contributed by atoms with Crippen LogP contribution in [0.15, 0.2) is 35.3 Å². The molecule has 0 saturated heterocycles. The molecule has 0 saturated carbocycles. The first-order chi connectivity index (χ1) is 9.66. The first kappa shape index (κ1) is 14.4. The van der Waals surface area contributed by atoms with Crippen molar-refractivity contribution in [3.05, 3.63) is 45.4 Å². The highest BCUT2D eigenvalue weighted by atomic mass is 79.9. The second-order valence-corrected chi connectivity index (χ2v) is 5.17. The second-order valence-electron chi connectivity index (χ2n) is 4.25. The number of halogens is 1. The van der Waals surface area contributed by atoms with E-state index in [1.165, 1.54) is 6.07 Å². The van der Waals surface area contributed by atoms with E-state index < -0.39 is 0 Å². The van der Waals surface area contributed by atoms with E-state index in [2.05, 4.69) is 31.4 Å². The van der Waals surface area contributed by atoms with Crippen LogP contribution >= 0.6 is 15.9 Å². The maximum Gasteiger partial charge on any atom is 0.292 e. The topological polar surface area (TPSA) is 85.9 Å². The standard InChI is InChI=1S/C12H14BrN5O2/c13-10-3-4-12(18(19)20)11(7-10)14-5-1-2-6-17-8-15-16-9-17/h3-4,7-9,14H,1-2,5-6H2. The lowest BCUT2D eigenvalue weighted by molar-refractivity contribution is -0.384. The van der Waals surface area contributed by atoms with Crippen LogP contribution in [0.5, 0.6) is 0 Å². The van der Waals surface area contributed by atoms with Crippen LogP contribution in [0.4, 0.5) is 11.4 Å². The number of nitro benzene ring substituents is 1. The Balaban J connectivity index is 1.81. The molecule has 2 rings (SSSR count). The van der Waals surface area contributed by atoms with E-state index in [1.807, 2.05) is 4.57 Å². The zero-order valence-corrected chi connectivity index (χ0v) is 12.3. The summed E-state index contributed by atoms with van der Waals surface area (Å²) >= 11 is 3.31. The van der Waals surface area contributed by atoms with Crippen molar-refractivity contribution in [1.29, 1.82) is 0 Å². The fraction of sp³-hybridized carbons (Fsp3) is 0.333. The Bertz CT molecular complexity index is 573. The summed E-state index contributed by atoms with van der Waals surface area (Å²) in [7, 11) is 0. The third kappa shape index (κ3) is 4.02. The van der Waals surface area contributed by atoms with Gasteiger partial charge in [0.15, 0.2) is 0 Å². The van der Waals surface area contributed by atoms with Gasteiger partial charge in [-0.2, -0.15) is 0 Å². The van der Waals surface area contributed by atoms with Gasteiger partial charge in [-0.3, -0.25) is 10.1 Å². The van der Waals surface area contributed by atoms with Gasteiger partial charge in [0.1, 0.15) is 18.3 Å². The Morgan fingerprint density at radius 2 is 2.05 bits per heavy atom. The number of unbranched alkanes of at least 4 members (excludes halogenated alkanes) is 1. The number of aromatic nitrogens is 3. The molecule has 1 aromatic heterocycles. The minimum absolute atomic E-state index is 0.0898. The fourth-order valence-corrected chi connectivity index (χ4v) is 2.15. The molecule has 0 aliphatic carbocycles. The van der Waals surface area contributed by atoms with E-state index in [1.54, 1.807) is 24.8 Å². The molecule has 0 fully saturated rings. The molecule has 0 amide bonds. The zero-order valence-electron chi connectivity index (χ0n) is 10.7. The van der Waals surface area contributed by atoms with Crippen LogP contribution in [0.1, 0.15) is 12.8 Å². The summed E-state index contributed by atoms with van der Waals surface area (Å²) in [4.78, 5) is 10.5. The minimum Gasteiger partial charge on any atom is -0.379 e. The Morgan fingerprint density at radius 1 is 1.30 bits per heavy atom. The molecule has 7 nitrogen and oxygen atoms in total. The van der Waals surface area contributed by atoms with Gasteiger partial charge in [0.05, 0.1) is 4.92 Å². The number of nitro groups is 1. The highest BCUT2D eigenvalue weighted by Gasteiger charge is 2.12. The van der Waals surface area contributed by atoms with Crippen LogP contribution < -0.4 is 5.32 Å². The molecular weight excluding hydrogens is 326 g/mol. The first-order valence-corrected chi connectivity index (χ1v) is 6.96. The number of rotatable bonds is 7. The molecular formula is C12H14BrN5O2. The van der Waals surface area contributed by atoms with Crippen LogP contribution in [-0.2, 0) is 6.54 Å². The van der Waals surface area contributed by atoms with Crippen molar-refractivity contribution in [3.63, 3.8) is 0 Å². The second kappa shape index (κ2) is 6.99. The number of hydrogen-bond donors (Lipinski definition) is 1. The summed E-state index contributed by atoms with van der Waals surface area (Å²) < 4.78 is 2.72. The van der Waals surface area contributed by atoms with Crippen molar-refractivity contribution in [3.8, 4) is 0 Å². The van der Waals surface area contributed by atoms with E-state index in [9.17, 15) is 10.1 Å². The van der Waals surface area contributed by atoms with E-state index in [4.69, 9.17) is 0 Å². The maximum absolute atomic E-state index is 10.9. The molecule has 2 aromatic rings. The molecule has 106 valence electrons. The van der Waals surface area contributed by atoms with Crippen molar-refractivity contribution in [2.45, 2.75) is 19.4 Å². The summed E-state index contributed by atoms with van der Waals surface area (Å²) in [6, 6.07) is 4.87. The van der Waals surface area contributed by atoms with Gasteiger partial charge in [0, 0.05) is 23.6 Å². The van der Waals surface area contributed by atoms with Gasteiger partial charge >= 0.3 is 0 Å². The largest absolute Gasteiger partial charge is 0.379 e. The normalized spacial score (nSPS) is 10.4. The number of benzene rings is 1. The summed E-state index contributed by atoms with van der Waals surface area (Å²) in [6.45, 7) is 1.52. The minimum atomic E-state index is -0.383. The number of anilines is 1. The van der Waals surface area contributed by atoms with Crippen LogP contribution in [-0.4, -0.2) is 26.2 Å². The van der Waals surface area contributed by atoms with Crippen molar-refractivity contribution in [2.24, 2.45) is 0 Å². The number of hydrogen-bond acceptors (Lipinski definition) is 5. The third-order valence-corrected chi connectivity index (χ3v) is 3.27. The molecule has 0 bridgehead atoms. The molecule has 1 N–H and O–H groups in total. The lowest BCUT2D eigenvalue weighted by Crippen LogP contribution is -2.05. The van der Waals surface area contributed by atoms with E-state index in [-0.39, 0.29) is 10.6 Å². The van der Waals surface area contributed by atoms with Crippen LogP contribution in [0, 0.1) is 10.1 Å². The van der Waals surface area contributed by atoms with Crippen molar-refractivity contribution < 1.29 is 4.92 Å². The van der Waals surface area contributed by atoms with Gasteiger partial charge in [0.2, 0.25) is 0 Å². The Labute approximate surface area is 124 Å². The molecule has 1 heterocycles. The summed E-state index contributed by atoms with van der Waals surface area (Å²) in [6.07, 6.45) is 5.20. The summed E-state index contributed by atoms with van der Waals surface area (Å²) in [5.41, 5.74) is 0.626. The lowest BCUT2D eigenvalue weighted by Gasteiger charge is -2.07. The van der Waals surface area contributed by atoms with Crippen LogP contribution in [0.3, 0.4) is 0 Å². The number of aryl methyl sites for hydroxylation is 1. The Hall–Kier alpha value is -1.96. The predicted molar refractivity (Wildman–Crippen MR) is 78.5 cm³/mol. The molecule has 20 heavy (non-hydrogen) atoms. The molecule has 1 aromatic carbocycles. The van der Waals surface area contributed by atoms with Gasteiger partial charge < -0.3 is 9.88 Å². The molecule has 0 unspecified atom stereocenters. The van der Waals surface area contributed by atoms with Gasteiger partial charge in [-0.25, -0.2) is 0 Å². The van der Waals surface area contributed by atoms with Crippen molar-refractivity contribution in [2.75, 3.05) is 11.9 Å². The number of nitrogens with zero attached hydrogens (tertiary/aromatic N) is 4. The predicted octanol–water partition coefficient (Wildman–Crippen LogP) is 2.84. The average molecular weight is 340 g/mol. The van der Waals surface area contributed by atoms with Crippen LogP contribution in [0.25, 0.3) is 0 Å². The monoisotopic (exact) mass is 339 g/mol. The molecule has 0 aliphatic rings. The molecule has 8 heteroatoms. The highest BCUT2D eigenvalue weighted by Crippen LogP contribution is 2.27. The van der Waals surface area contributed by atoms with E-state index in [0.29, 0.717) is 12.2 Å². The maximum atomic E-state index is 10.9. The molecule has 0 spiro atoms. The van der Waals surface area contributed by atoms with Gasteiger partial charge in [-0.1, -0.05) is 15.9 Å². The first-order valence-electron chi connectivity index (χ1n) is 6.17. The molecule has 0 atom stereocenters. The fourth-order valence-electron chi connectivity index (χ4n) is 1.79. The van der Waals surface area contributed by atoms with Gasteiger partial charge in [-0.05, 0) is 25.0 Å². The van der Waals surface area contributed by atoms with E-state index >= 15 is 0 Å². The van der Waals surface area contributed by atoms with Crippen LogP contribution in [0.2, 0.25) is 0 Å². The SMILES string of the molecule is O=[N+]([O-])c1ccc(Br)cc1NCCCCn1cnnc1. The van der Waals surface area contributed by atoms with Gasteiger partial charge in [-0.15, -0.1) is 10.2 Å². The quantitative estimate of drug-likeness (QED) is 0.476. The Morgan fingerprint density at radius 3 is 2.75 bits per heavy atom. The molecule has 0 aliphatic heterocycles. The van der Waals surface area contributed by atoms with Gasteiger partial charge in [0.25, 0.3) is 5.69 Å². The highest BCUT2D eigenvalue weighted by molar-refractivity contribution is 9.10. The van der Waals surface area contributed by atoms with Crippen molar-refractivity contribution in [1.82, 2.24) is 14.8 Å². The van der Waals surface area contributed by atoms with E-state index in [0.717, 1.165) is 23.9 Å². The third-order valence-electron chi connectivity index (χ3n) is 2.78. The summed E-state index contributed by atoms with van der Waals surface area (Å²) in [5.74, 6) is 0. The van der Waals surface area contributed by atoms with Crippen molar-refractivity contribution >= 4 is 27.3 Å².